The van der Waals surface area contributed by atoms with Gasteiger partial charge in [-0.3, -0.25) is 9.36 Å². The number of carbonyl (C=O) groups is 1. The molecule has 0 saturated carbocycles. The molecule has 0 fully saturated rings. The second kappa shape index (κ2) is 5.64. The number of hydrogen-bond donors (Lipinski definition) is 1. The average molecular weight is 355 g/mol. The highest BCUT2D eigenvalue weighted by Gasteiger charge is 2.21. The summed E-state index contributed by atoms with van der Waals surface area (Å²) in [7, 11) is 0. The Morgan fingerprint density at radius 3 is 2.38 bits per heavy atom. The van der Waals surface area contributed by atoms with Gasteiger partial charge in [0.25, 0.3) is 0 Å². The first kappa shape index (κ1) is 16.0. The number of pyridine rings is 2. The van der Waals surface area contributed by atoms with E-state index >= 15 is 0 Å². The Morgan fingerprint density at radius 1 is 1.17 bits per heavy atom. The molecule has 0 radical (unpaired) electrons. The van der Waals surface area contributed by atoms with Crippen molar-refractivity contribution in [1.82, 2.24) is 9.55 Å². The van der Waals surface area contributed by atoms with Crippen molar-refractivity contribution >= 4 is 28.6 Å². The van der Waals surface area contributed by atoms with Crippen LogP contribution in [0.25, 0.3) is 16.7 Å². The molecule has 9 heteroatoms. The second-order valence-corrected chi connectivity index (χ2v) is 5.11. The molecule has 0 saturated heterocycles. The molecule has 0 aliphatic heterocycles. The van der Waals surface area contributed by atoms with Crippen LogP contribution in [-0.4, -0.2) is 20.6 Å². The van der Waals surface area contributed by atoms with Gasteiger partial charge in [-0.25, -0.2) is 22.9 Å². The highest BCUT2D eigenvalue weighted by Crippen LogP contribution is 2.24. The average Bonchev–Trinajstić information content (AvgIpc) is 2.51. The smallest absolute Gasteiger partial charge is 0.341 e. The van der Waals surface area contributed by atoms with Gasteiger partial charge in [0, 0.05) is 6.20 Å². The molecule has 122 valence electrons. The van der Waals surface area contributed by atoms with E-state index in [9.17, 15) is 22.8 Å². The Hall–Kier alpha value is -2.87. The summed E-state index contributed by atoms with van der Waals surface area (Å²) >= 11 is 5.58. The number of hydrogen-bond acceptors (Lipinski definition) is 3. The van der Waals surface area contributed by atoms with E-state index in [1.807, 2.05) is 0 Å². The van der Waals surface area contributed by atoms with Gasteiger partial charge >= 0.3 is 5.97 Å². The summed E-state index contributed by atoms with van der Waals surface area (Å²) in [5.74, 6) is -4.76. The molecule has 1 aromatic carbocycles. The number of benzene rings is 1. The lowest BCUT2D eigenvalue weighted by Gasteiger charge is -2.13. The SMILES string of the molecule is O=C(O)c1cn(-c2c(F)cccc2F)c2nc(Cl)c(F)cc2c1=O. The van der Waals surface area contributed by atoms with Crippen LogP contribution in [0.15, 0.2) is 35.3 Å². The summed E-state index contributed by atoms with van der Waals surface area (Å²) in [6, 6.07) is 3.66. The molecule has 5 nitrogen and oxygen atoms in total. The number of carboxylic acids is 1. The predicted octanol–water partition coefficient (Wildman–Crippen LogP) is 3.15. The maximum absolute atomic E-state index is 14.1. The molecule has 24 heavy (non-hydrogen) atoms. The van der Waals surface area contributed by atoms with Crippen molar-refractivity contribution in [2.24, 2.45) is 0 Å². The van der Waals surface area contributed by atoms with Crippen molar-refractivity contribution < 1.29 is 23.1 Å². The highest BCUT2D eigenvalue weighted by atomic mass is 35.5. The largest absolute Gasteiger partial charge is 0.477 e. The molecule has 0 unspecified atom stereocenters. The monoisotopic (exact) mass is 354 g/mol. The maximum Gasteiger partial charge on any atom is 0.341 e. The molecule has 0 atom stereocenters. The van der Waals surface area contributed by atoms with Gasteiger partial charge in [-0.05, 0) is 18.2 Å². The van der Waals surface area contributed by atoms with Crippen LogP contribution in [0.4, 0.5) is 13.2 Å². The third kappa shape index (κ3) is 2.41. The molecule has 2 aromatic heterocycles. The molecular formula is C15H6ClF3N2O3. The summed E-state index contributed by atoms with van der Waals surface area (Å²) in [6.45, 7) is 0. The number of aromatic carboxylic acids is 1. The predicted molar refractivity (Wildman–Crippen MR) is 79.2 cm³/mol. The third-order valence-corrected chi connectivity index (χ3v) is 3.56. The lowest BCUT2D eigenvalue weighted by molar-refractivity contribution is 0.0695. The van der Waals surface area contributed by atoms with E-state index in [2.05, 4.69) is 4.98 Å². The third-order valence-electron chi connectivity index (χ3n) is 3.30. The van der Waals surface area contributed by atoms with Crippen LogP contribution < -0.4 is 5.43 Å². The fourth-order valence-electron chi connectivity index (χ4n) is 2.24. The highest BCUT2D eigenvalue weighted by molar-refractivity contribution is 6.29. The number of para-hydroxylation sites is 1. The number of halogens is 4. The molecular weight excluding hydrogens is 349 g/mol. The van der Waals surface area contributed by atoms with Crippen molar-refractivity contribution in [3.63, 3.8) is 0 Å². The van der Waals surface area contributed by atoms with E-state index in [-0.39, 0.29) is 5.65 Å². The Kier molecular flexibility index (Phi) is 3.76. The van der Waals surface area contributed by atoms with Crippen LogP contribution in [-0.2, 0) is 0 Å². The molecule has 0 aliphatic rings. The van der Waals surface area contributed by atoms with E-state index in [0.29, 0.717) is 6.07 Å². The van der Waals surface area contributed by atoms with E-state index in [0.717, 1.165) is 29.0 Å². The van der Waals surface area contributed by atoms with E-state index in [1.165, 1.54) is 0 Å². The topological polar surface area (TPSA) is 72.2 Å². The fourth-order valence-corrected chi connectivity index (χ4v) is 2.38. The number of aromatic nitrogens is 2. The Labute approximate surface area is 136 Å². The Bertz CT molecular complexity index is 1050. The van der Waals surface area contributed by atoms with E-state index in [4.69, 9.17) is 16.7 Å². The van der Waals surface area contributed by atoms with Crippen LogP contribution >= 0.6 is 11.6 Å². The van der Waals surface area contributed by atoms with Crippen LogP contribution in [0.1, 0.15) is 10.4 Å². The first-order valence-electron chi connectivity index (χ1n) is 6.40. The van der Waals surface area contributed by atoms with Gasteiger partial charge in [-0.1, -0.05) is 17.7 Å². The minimum atomic E-state index is -1.64. The quantitative estimate of drug-likeness (QED) is 0.718. The lowest BCUT2D eigenvalue weighted by atomic mass is 10.1. The summed E-state index contributed by atoms with van der Waals surface area (Å²) in [5.41, 5.74) is -2.89. The molecule has 3 rings (SSSR count). The Balaban J connectivity index is 2.56. The number of nitrogens with zero attached hydrogens (tertiary/aromatic N) is 2. The van der Waals surface area contributed by atoms with Gasteiger partial charge in [0.1, 0.15) is 22.9 Å². The number of carboxylic acid groups (broad SMARTS) is 1. The van der Waals surface area contributed by atoms with Crippen molar-refractivity contribution in [2.45, 2.75) is 0 Å². The molecule has 3 aromatic rings. The van der Waals surface area contributed by atoms with E-state index in [1.54, 1.807) is 0 Å². The van der Waals surface area contributed by atoms with Gasteiger partial charge in [0.15, 0.2) is 16.6 Å². The summed E-state index contributed by atoms with van der Waals surface area (Å²) in [4.78, 5) is 27.0. The van der Waals surface area contributed by atoms with Crippen molar-refractivity contribution in [1.29, 1.82) is 0 Å². The summed E-state index contributed by atoms with van der Waals surface area (Å²) in [5, 5.41) is 8.02. The standard InChI is InChI=1S/C15H6ClF3N2O3/c16-13-10(19)4-6-12(22)7(15(23)24)5-21(14(6)20-13)11-8(17)2-1-3-9(11)18/h1-5H,(H,23,24). The first-order chi connectivity index (χ1) is 11.3. The maximum atomic E-state index is 14.1. The molecule has 0 aliphatic carbocycles. The van der Waals surface area contributed by atoms with Crippen LogP contribution in [0.3, 0.4) is 0 Å². The number of fused-ring (bicyclic) bond motifs is 1. The van der Waals surface area contributed by atoms with Gasteiger partial charge in [0.2, 0.25) is 5.43 Å². The van der Waals surface area contributed by atoms with Gasteiger partial charge in [-0.2, -0.15) is 0 Å². The molecule has 2 heterocycles. The summed E-state index contributed by atoms with van der Waals surface area (Å²) < 4.78 is 42.4. The summed E-state index contributed by atoms with van der Waals surface area (Å²) in [6.07, 6.45) is 0.718. The van der Waals surface area contributed by atoms with Crippen LogP contribution in [0.2, 0.25) is 5.15 Å². The lowest BCUT2D eigenvalue weighted by Crippen LogP contribution is -2.20. The normalized spacial score (nSPS) is 11.0. The van der Waals surface area contributed by atoms with Crippen LogP contribution in [0.5, 0.6) is 0 Å². The van der Waals surface area contributed by atoms with Crippen molar-refractivity contribution in [3.8, 4) is 5.69 Å². The minimum absolute atomic E-state index is 0.375. The van der Waals surface area contributed by atoms with Crippen LogP contribution in [0, 0.1) is 17.5 Å². The zero-order valence-corrected chi connectivity index (χ0v) is 12.3. The second-order valence-electron chi connectivity index (χ2n) is 4.75. The molecule has 0 spiro atoms. The molecule has 0 bridgehead atoms. The Morgan fingerprint density at radius 2 is 1.79 bits per heavy atom. The minimum Gasteiger partial charge on any atom is -0.477 e. The van der Waals surface area contributed by atoms with Gasteiger partial charge < -0.3 is 5.11 Å². The van der Waals surface area contributed by atoms with Gasteiger partial charge in [-0.15, -0.1) is 0 Å². The van der Waals surface area contributed by atoms with Crippen molar-refractivity contribution in [2.75, 3.05) is 0 Å². The zero-order chi connectivity index (χ0) is 17.6. The zero-order valence-electron chi connectivity index (χ0n) is 11.6. The van der Waals surface area contributed by atoms with E-state index < -0.39 is 50.6 Å². The first-order valence-corrected chi connectivity index (χ1v) is 6.78. The molecule has 1 N–H and O–H groups in total. The fraction of sp³-hybridized carbons (Fsp3) is 0. The number of rotatable bonds is 2. The molecule has 0 amide bonds. The van der Waals surface area contributed by atoms with Gasteiger partial charge in [0.05, 0.1) is 5.39 Å². The van der Waals surface area contributed by atoms with Crippen molar-refractivity contribution in [3.05, 3.63) is 68.9 Å².